The van der Waals surface area contributed by atoms with Crippen molar-refractivity contribution >= 4 is 17.5 Å². The molecule has 1 heterocycles. The maximum absolute atomic E-state index is 13.0. The van der Waals surface area contributed by atoms with Crippen LogP contribution in [0.4, 0.5) is 0 Å². The van der Waals surface area contributed by atoms with E-state index in [0.717, 1.165) is 23.1 Å². The average molecular weight is 388 g/mol. The second-order valence-corrected chi connectivity index (χ2v) is 7.67. The summed E-state index contributed by atoms with van der Waals surface area (Å²) in [5.41, 5.74) is 3.14. The van der Waals surface area contributed by atoms with Crippen LogP contribution >= 0.6 is 11.6 Å². The van der Waals surface area contributed by atoms with Crippen molar-refractivity contribution in [3.63, 3.8) is 0 Å². The third-order valence-electron chi connectivity index (χ3n) is 4.98. The summed E-state index contributed by atoms with van der Waals surface area (Å²) >= 11 is 6.54. The Kier molecular flexibility index (Phi) is 5.95. The summed E-state index contributed by atoms with van der Waals surface area (Å²) in [5.74, 6) is 1.81. The molecule has 1 aliphatic heterocycles. The van der Waals surface area contributed by atoms with E-state index >= 15 is 0 Å². The van der Waals surface area contributed by atoms with Gasteiger partial charge in [0.1, 0.15) is 0 Å². The van der Waals surface area contributed by atoms with Crippen LogP contribution in [0.1, 0.15) is 43.0 Å². The second-order valence-electron chi connectivity index (χ2n) is 7.27. The Morgan fingerprint density at radius 2 is 1.81 bits per heavy atom. The number of hydrogen-bond acceptors (Lipinski definition) is 3. The van der Waals surface area contributed by atoms with Crippen molar-refractivity contribution in [2.24, 2.45) is 5.92 Å². The lowest BCUT2D eigenvalue weighted by Gasteiger charge is -2.39. The van der Waals surface area contributed by atoms with Crippen LogP contribution in [-0.4, -0.2) is 31.6 Å². The molecule has 5 heteroatoms. The molecule has 0 fully saturated rings. The quantitative estimate of drug-likeness (QED) is 0.734. The van der Waals surface area contributed by atoms with E-state index in [-0.39, 0.29) is 11.9 Å². The van der Waals surface area contributed by atoms with E-state index in [0.29, 0.717) is 35.4 Å². The van der Waals surface area contributed by atoms with Crippen LogP contribution in [-0.2, 0) is 11.2 Å². The fourth-order valence-electron chi connectivity index (χ4n) is 3.71. The Bertz CT molecular complexity index is 834. The largest absolute Gasteiger partial charge is 0.493 e. The lowest BCUT2D eigenvalue weighted by atomic mass is 9.87. The number of hydrogen-bond donors (Lipinski definition) is 0. The van der Waals surface area contributed by atoms with Crippen molar-refractivity contribution < 1.29 is 14.3 Å². The number of ether oxygens (including phenoxy) is 2. The van der Waals surface area contributed by atoms with Crippen LogP contribution in [0.15, 0.2) is 36.4 Å². The third-order valence-corrected chi connectivity index (χ3v) is 5.32. The Hall–Kier alpha value is -2.20. The summed E-state index contributed by atoms with van der Waals surface area (Å²) < 4.78 is 11.0. The molecule has 0 aliphatic carbocycles. The van der Waals surface area contributed by atoms with Gasteiger partial charge in [-0.1, -0.05) is 43.6 Å². The van der Waals surface area contributed by atoms with Gasteiger partial charge in [-0.25, -0.2) is 0 Å². The van der Waals surface area contributed by atoms with Crippen LogP contribution in [0.25, 0.3) is 0 Å². The van der Waals surface area contributed by atoms with E-state index < -0.39 is 0 Å². The molecular formula is C22H26ClNO3. The smallest absolute Gasteiger partial charge is 0.223 e. The zero-order valence-corrected chi connectivity index (χ0v) is 17.0. The number of carbonyl (C=O) groups is 1. The van der Waals surface area contributed by atoms with E-state index in [1.807, 2.05) is 41.3 Å². The fraction of sp³-hybridized carbons (Fsp3) is 0.409. The number of benzene rings is 2. The maximum Gasteiger partial charge on any atom is 0.223 e. The number of methoxy groups -OCH3 is 2. The molecule has 0 spiro atoms. The Morgan fingerprint density at radius 1 is 1.15 bits per heavy atom. The maximum atomic E-state index is 13.0. The summed E-state index contributed by atoms with van der Waals surface area (Å²) in [6.45, 7) is 4.78. The van der Waals surface area contributed by atoms with Crippen LogP contribution in [0.2, 0.25) is 5.02 Å². The van der Waals surface area contributed by atoms with Crippen LogP contribution in [0.5, 0.6) is 11.5 Å². The van der Waals surface area contributed by atoms with Gasteiger partial charge >= 0.3 is 0 Å². The Labute approximate surface area is 166 Å². The lowest BCUT2D eigenvalue weighted by Crippen LogP contribution is -2.41. The van der Waals surface area contributed by atoms with Crippen molar-refractivity contribution in [3.05, 3.63) is 58.1 Å². The molecule has 3 rings (SSSR count). The molecule has 0 bridgehead atoms. The van der Waals surface area contributed by atoms with Gasteiger partial charge in [0.25, 0.3) is 0 Å². The number of carbonyl (C=O) groups excluding carboxylic acids is 1. The minimum absolute atomic E-state index is 0.148. The van der Waals surface area contributed by atoms with Crippen LogP contribution in [0, 0.1) is 5.92 Å². The highest BCUT2D eigenvalue weighted by Crippen LogP contribution is 2.43. The van der Waals surface area contributed by atoms with E-state index in [1.54, 1.807) is 14.2 Å². The first-order valence-electron chi connectivity index (χ1n) is 9.25. The molecular weight excluding hydrogens is 362 g/mol. The van der Waals surface area contributed by atoms with Crippen LogP contribution < -0.4 is 9.47 Å². The van der Waals surface area contributed by atoms with Gasteiger partial charge in [0.2, 0.25) is 5.91 Å². The second kappa shape index (κ2) is 8.22. The van der Waals surface area contributed by atoms with Crippen molar-refractivity contribution in [1.29, 1.82) is 0 Å². The van der Waals surface area contributed by atoms with E-state index in [2.05, 4.69) is 13.8 Å². The summed E-state index contributed by atoms with van der Waals surface area (Å²) in [5, 5.41) is 0.660. The topological polar surface area (TPSA) is 38.8 Å². The van der Waals surface area contributed by atoms with Gasteiger partial charge in [0, 0.05) is 18.0 Å². The Morgan fingerprint density at radius 3 is 2.44 bits per heavy atom. The molecule has 1 amide bonds. The predicted octanol–water partition coefficient (Wildman–Crippen LogP) is 4.88. The van der Waals surface area contributed by atoms with Gasteiger partial charge in [0.05, 0.1) is 20.3 Å². The summed E-state index contributed by atoms with van der Waals surface area (Å²) in [4.78, 5) is 15.0. The monoisotopic (exact) mass is 387 g/mol. The van der Waals surface area contributed by atoms with E-state index in [4.69, 9.17) is 21.1 Å². The summed E-state index contributed by atoms with van der Waals surface area (Å²) in [6.07, 6.45) is 1.30. The highest BCUT2D eigenvalue weighted by Gasteiger charge is 2.34. The molecule has 0 radical (unpaired) electrons. The first-order chi connectivity index (χ1) is 13.0. The van der Waals surface area contributed by atoms with Gasteiger partial charge in [-0.3, -0.25) is 4.79 Å². The molecule has 1 aliphatic rings. The standard InChI is InChI=1S/C22H26ClNO3/c1-14(2)11-21(25)24-10-9-15-12-19(26-3)20(27-4)13-17(15)22(24)16-7-5-6-8-18(16)23/h5-8,12-14,22H,9-11H2,1-4H3. The van der Waals surface area contributed by atoms with Gasteiger partial charge in [-0.15, -0.1) is 0 Å². The molecule has 0 aromatic heterocycles. The van der Waals surface area contributed by atoms with Crippen LogP contribution in [0.3, 0.4) is 0 Å². The van der Waals surface area contributed by atoms with Gasteiger partial charge in [0.15, 0.2) is 11.5 Å². The molecule has 0 N–H and O–H groups in total. The van der Waals surface area contributed by atoms with Gasteiger partial charge in [-0.05, 0) is 47.2 Å². The zero-order chi connectivity index (χ0) is 19.6. The van der Waals surface area contributed by atoms with Gasteiger partial charge < -0.3 is 14.4 Å². The Balaban J connectivity index is 2.15. The number of rotatable bonds is 5. The van der Waals surface area contributed by atoms with E-state index in [9.17, 15) is 4.79 Å². The number of halogens is 1. The number of nitrogens with zero attached hydrogens (tertiary/aromatic N) is 1. The molecule has 27 heavy (non-hydrogen) atoms. The summed E-state index contributed by atoms with van der Waals surface area (Å²) in [7, 11) is 3.26. The minimum atomic E-state index is -0.228. The zero-order valence-electron chi connectivity index (χ0n) is 16.3. The highest BCUT2D eigenvalue weighted by molar-refractivity contribution is 6.31. The van der Waals surface area contributed by atoms with Crippen molar-refractivity contribution in [2.75, 3.05) is 20.8 Å². The fourth-order valence-corrected chi connectivity index (χ4v) is 3.95. The predicted molar refractivity (Wildman–Crippen MR) is 108 cm³/mol. The molecule has 1 atom stereocenters. The third kappa shape index (κ3) is 3.91. The molecule has 2 aromatic carbocycles. The van der Waals surface area contributed by atoms with Crippen molar-refractivity contribution in [3.8, 4) is 11.5 Å². The highest BCUT2D eigenvalue weighted by atomic mass is 35.5. The first kappa shape index (κ1) is 19.6. The summed E-state index contributed by atoms with van der Waals surface area (Å²) in [6, 6.07) is 11.5. The molecule has 0 saturated carbocycles. The molecule has 144 valence electrons. The minimum Gasteiger partial charge on any atom is -0.493 e. The molecule has 1 unspecified atom stereocenters. The number of amides is 1. The SMILES string of the molecule is COc1cc2c(cc1OC)C(c1ccccc1Cl)N(C(=O)CC(C)C)CC2. The molecule has 0 saturated heterocycles. The average Bonchev–Trinajstić information content (AvgIpc) is 2.65. The van der Waals surface area contributed by atoms with E-state index in [1.165, 1.54) is 0 Å². The van der Waals surface area contributed by atoms with Crippen molar-refractivity contribution in [1.82, 2.24) is 4.90 Å². The normalized spacial score (nSPS) is 16.2. The molecule has 2 aromatic rings. The first-order valence-corrected chi connectivity index (χ1v) is 9.62. The lowest BCUT2D eigenvalue weighted by molar-refractivity contribution is -0.134. The van der Waals surface area contributed by atoms with Gasteiger partial charge in [-0.2, -0.15) is 0 Å². The molecule has 4 nitrogen and oxygen atoms in total. The number of fused-ring (bicyclic) bond motifs is 1. The van der Waals surface area contributed by atoms with Crippen molar-refractivity contribution in [2.45, 2.75) is 32.7 Å².